The molecule has 366 valence electrons. The standard InChI is InChI=1S/C48H72N6O12/c1-47(2,3)41(51-45(58)61-8)43(56)50-39(32-35-14-10-9-11-15-35)40(55)34-54(33-36-17-19-37(20-18-36)38-16-12-13-21-49-38)53-44(57)42(48(4,5)6)52-46(59)66-31-30-65-29-28-64-27-26-63-25-24-62-23-22-60-7/h9-21,39-42,55H,22-34H2,1-8H3,(H,50,56)(H,51,58)(H,52,59)(H,53,57)/t39-,40-,41+,42+/m0/s1/i1D3,2D3,3D3,4D3,5D3,6D3. The molecular weight excluding hydrogens is 853 g/mol. The predicted molar refractivity (Wildman–Crippen MR) is 248 cm³/mol. The number of carbonyl (C=O) groups is 4. The van der Waals surface area contributed by atoms with Crippen molar-refractivity contribution in [2.45, 2.75) is 78.3 Å². The van der Waals surface area contributed by atoms with Gasteiger partial charge in [-0.1, -0.05) is 102 Å². The van der Waals surface area contributed by atoms with Crippen LogP contribution in [0.25, 0.3) is 11.3 Å². The lowest BCUT2D eigenvalue weighted by molar-refractivity contribution is -0.132. The highest BCUT2D eigenvalue weighted by Crippen LogP contribution is 2.23. The third-order valence-corrected chi connectivity index (χ3v) is 9.16. The number of rotatable bonds is 29. The quantitative estimate of drug-likeness (QED) is 0.0485. The highest BCUT2D eigenvalue weighted by molar-refractivity contribution is 5.87. The topological polar surface area (TPSA) is 217 Å². The van der Waals surface area contributed by atoms with Gasteiger partial charge in [0.2, 0.25) is 5.91 Å². The second-order valence-electron chi connectivity index (χ2n) is 14.5. The third-order valence-electron chi connectivity index (χ3n) is 9.16. The molecule has 0 radical (unpaired) electrons. The number of amides is 4. The number of hydrazine groups is 1. The van der Waals surface area contributed by atoms with Crippen LogP contribution in [0.15, 0.2) is 79.0 Å². The van der Waals surface area contributed by atoms with Gasteiger partial charge in [0.05, 0.1) is 84.4 Å². The number of aromatic nitrogens is 1. The number of methoxy groups -OCH3 is 2. The number of alkyl carbamates (subject to hydrolysis) is 2. The minimum Gasteiger partial charge on any atom is -0.453 e. The van der Waals surface area contributed by atoms with Gasteiger partial charge in [-0.05, 0) is 40.5 Å². The number of benzene rings is 2. The van der Waals surface area contributed by atoms with Gasteiger partial charge in [-0.15, -0.1) is 0 Å². The number of hydrogen-bond donors (Lipinski definition) is 5. The molecule has 2 aromatic carbocycles. The molecule has 0 aliphatic carbocycles. The van der Waals surface area contributed by atoms with Gasteiger partial charge in [-0.3, -0.25) is 20.0 Å². The number of nitrogens with one attached hydrogen (secondary N) is 4. The first-order valence-corrected chi connectivity index (χ1v) is 20.7. The first kappa shape index (κ1) is 33.3. The summed E-state index contributed by atoms with van der Waals surface area (Å²) in [4.78, 5) is 60.3. The van der Waals surface area contributed by atoms with Gasteiger partial charge in [0.1, 0.15) is 18.7 Å². The molecule has 0 saturated carbocycles. The largest absolute Gasteiger partial charge is 0.453 e. The Morgan fingerprint density at radius 2 is 1.20 bits per heavy atom. The first-order chi connectivity index (χ1) is 39.0. The summed E-state index contributed by atoms with van der Waals surface area (Å²) in [6.45, 7) is -25.1. The molecule has 4 amide bonds. The van der Waals surface area contributed by atoms with Crippen LogP contribution < -0.4 is 21.4 Å². The van der Waals surface area contributed by atoms with Crippen molar-refractivity contribution in [2.24, 2.45) is 10.8 Å². The van der Waals surface area contributed by atoms with Gasteiger partial charge in [0, 0.05) is 56.6 Å². The van der Waals surface area contributed by atoms with Gasteiger partial charge in [-0.2, -0.15) is 0 Å². The van der Waals surface area contributed by atoms with E-state index in [1.54, 1.807) is 48.8 Å². The number of ether oxygens (including phenoxy) is 7. The molecule has 1 heterocycles. The van der Waals surface area contributed by atoms with E-state index >= 15 is 0 Å². The second kappa shape index (κ2) is 29.4. The summed E-state index contributed by atoms with van der Waals surface area (Å²) in [6.07, 6.45) is -4.36. The maximum Gasteiger partial charge on any atom is 0.407 e. The number of aliphatic hydroxyl groups excluding tert-OH is 1. The Bertz CT molecular complexity index is 2420. The van der Waals surface area contributed by atoms with Crippen molar-refractivity contribution in [3.8, 4) is 11.3 Å². The molecule has 18 heteroatoms. The normalized spacial score (nSPS) is 18.7. The van der Waals surface area contributed by atoms with Crippen molar-refractivity contribution >= 4 is 24.0 Å². The maximum absolute atomic E-state index is 14.9. The lowest BCUT2D eigenvalue weighted by Crippen LogP contribution is -2.61. The summed E-state index contributed by atoms with van der Waals surface area (Å²) < 4.78 is 186. The molecule has 18 nitrogen and oxygen atoms in total. The average molecular weight is 943 g/mol. The molecule has 0 spiro atoms. The Hall–Kier alpha value is -5.21. The van der Waals surface area contributed by atoms with Crippen LogP contribution in [0.3, 0.4) is 0 Å². The molecule has 0 bridgehead atoms. The molecule has 1 aromatic heterocycles. The number of hydrogen-bond acceptors (Lipinski definition) is 14. The fourth-order valence-electron chi connectivity index (χ4n) is 5.85. The molecule has 3 rings (SSSR count). The van der Waals surface area contributed by atoms with E-state index < -0.39 is 126 Å². The molecule has 66 heavy (non-hydrogen) atoms. The highest BCUT2D eigenvalue weighted by Gasteiger charge is 2.37. The van der Waals surface area contributed by atoms with Crippen LogP contribution in [0, 0.1) is 10.8 Å². The van der Waals surface area contributed by atoms with Crippen molar-refractivity contribution < 1.29 is 82.1 Å². The summed E-state index contributed by atoms with van der Waals surface area (Å²) in [7, 11) is 2.30. The van der Waals surface area contributed by atoms with Crippen LogP contribution in [-0.4, -0.2) is 150 Å². The van der Waals surface area contributed by atoms with E-state index in [1.807, 2.05) is 5.32 Å². The van der Waals surface area contributed by atoms with Crippen LogP contribution >= 0.6 is 0 Å². The summed E-state index contributed by atoms with van der Waals surface area (Å²) in [5.74, 6) is -3.59. The van der Waals surface area contributed by atoms with Crippen molar-refractivity contribution in [1.29, 1.82) is 0 Å². The summed E-state index contributed by atoms with van der Waals surface area (Å²) >= 11 is 0. The summed E-state index contributed by atoms with van der Waals surface area (Å²) in [6, 6.07) is 11.1. The Morgan fingerprint density at radius 3 is 1.74 bits per heavy atom. The van der Waals surface area contributed by atoms with E-state index in [2.05, 4.69) is 20.5 Å². The molecule has 0 unspecified atom stereocenters. The second-order valence-corrected chi connectivity index (χ2v) is 14.5. The Labute approximate surface area is 415 Å². The molecule has 4 atom stereocenters. The predicted octanol–water partition coefficient (Wildman–Crippen LogP) is 4.29. The van der Waals surface area contributed by atoms with Crippen LogP contribution in [0.1, 0.15) is 76.9 Å². The van der Waals surface area contributed by atoms with E-state index in [1.165, 1.54) is 42.6 Å². The molecular formula is C48H72N6O12. The highest BCUT2D eigenvalue weighted by atomic mass is 16.6. The van der Waals surface area contributed by atoms with Crippen molar-refractivity contribution in [3.05, 3.63) is 90.1 Å². The molecule has 0 saturated heterocycles. The molecule has 0 fully saturated rings. The van der Waals surface area contributed by atoms with E-state index in [0.29, 0.717) is 43.2 Å². The minimum absolute atomic E-state index is 0.0295. The Kier molecular flexibility index (Phi) is 14.8. The minimum atomic E-state index is -4.14. The van der Waals surface area contributed by atoms with E-state index in [4.69, 9.17) is 53.1 Å². The fourth-order valence-corrected chi connectivity index (χ4v) is 5.85. The zero-order valence-corrected chi connectivity index (χ0v) is 36.8. The Balaban J connectivity index is 2.13. The van der Waals surface area contributed by atoms with Crippen molar-refractivity contribution in [3.63, 3.8) is 0 Å². The summed E-state index contributed by atoms with van der Waals surface area (Å²) in [5, 5.41) is 19.0. The average Bonchev–Trinajstić information content (AvgIpc) is 0.761. The smallest absolute Gasteiger partial charge is 0.407 e. The van der Waals surface area contributed by atoms with E-state index in [0.717, 1.165) is 12.1 Å². The first-order valence-electron chi connectivity index (χ1n) is 29.7. The van der Waals surface area contributed by atoms with Crippen LogP contribution in [0.5, 0.6) is 0 Å². The molecule has 0 aliphatic heterocycles. The van der Waals surface area contributed by atoms with Gasteiger partial charge in [0.15, 0.2) is 0 Å². The lowest BCUT2D eigenvalue weighted by atomic mass is 9.85. The van der Waals surface area contributed by atoms with E-state index in [9.17, 15) is 24.3 Å². The zero-order chi connectivity index (χ0) is 63.4. The van der Waals surface area contributed by atoms with E-state index in [-0.39, 0.29) is 38.6 Å². The molecule has 0 aliphatic rings. The van der Waals surface area contributed by atoms with Crippen LogP contribution in [-0.2, 0) is 55.7 Å². The summed E-state index contributed by atoms with van der Waals surface area (Å²) in [5.41, 5.74) is -4.29. The molecule has 5 N–H and O–H groups in total. The monoisotopic (exact) mass is 943 g/mol. The third kappa shape index (κ3) is 21.4. The van der Waals surface area contributed by atoms with Crippen molar-refractivity contribution in [1.82, 2.24) is 31.4 Å². The van der Waals surface area contributed by atoms with Gasteiger partial charge >= 0.3 is 12.2 Å². The van der Waals surface area contributed by atoms with Crippen LogP contribution in [0.4, 0.5) is 9.59 Å². The SMILES string of the molecule is [2H]C([2H])([2H])C([C@H](NC(=O)OC)C(=O)N[C@@H](Cc1ccccc1)[C@@H](O)CN(Cc1ccc(-c2ccccn2)cc1)NC(=O)[C@@H](NC(=O)OCCOCCOCCOCCOCCOC)C(C([2H])([2H])[2H])(C([2H])([2H])[2H])C([2H])([2H])[2H])(C([2H])([2H])[2H])C([2H])([2H])[2H]. The number of pyridine rings is 1. The maximum atomic E-state index is 14.9. The lowest BCUT2D eigenvalue weighted by Gasteiger charge is -2.35. The zero-order valence-electron chi connectivity index (χ0n) is 54.8. The van der Waals surface area contributed by atoms with Gasteiger partial charge in [0.25, 0.3) is 5.91 Å². The Morgan fingerprint density at radius 1 is 0.652 bits per heavy atom. The fraction of sp³-hybridized carbons (Fsp3) is 0.562. The number of nitrogens with zero attached hydrogens (tertiary/aromatic N) is 2. The number of carbonyl (C=O) groups excluding carboxylic acids is 4. The van der Waals surface area contributed by atoms with Gasteiger partial charge in [-0.25, -0.2) is 14.6 Å². The number of aliphatic hydroxyl groups is 1. The van der Waals surface area contributed by atoms with Gasteiger partial charge < -0.3 is 54.2 Å². The molecule has 3 aromatic rings. The van der Waals surface area contributed by atoms with Crippen LogP contribution in [0.2, 0.25) is 0 Å². The van der Waals surface area contributed by atoms with Crippen molar-refractivity contribution in [2.75, 3.05) is 86.8 Å².